The molecule has 0 aliphatic carbocycles. The Morgan fingerprint density at radius 2 is 1.57 bits per heavy atom. The van der Waals surface area contributed by atoms with Gasteiger partial charge in [-0.3, -0.25) is 9.78 Å². The zero-order valence-electron chi connectivity index (χ0n) is 20.5. The summed E-state index contributed by atoms with van der Waals surface area (Å²) in [5, 5.41) is 0. The summed E-state index contributed by atoms with van der Waals surface area (Å²) < 4.78 is 20.1. The minimum absolute atomic E-state index is 0.0931. The number of hydrogen-bond donors (Lipinski definition) is 0. The fourth-order valence-electron chi connectivity index (χ4n) is 5.57. The highest BCUT2D eigenvalue weighted by molar-refractivity contribution is 5.95. The number of aryl methyl sites for hydroxylation is 1. The summed E-state index contributed by atoms with van der Waals surface area (Å²) in [7, 11) is 2.39. The first kappa shape index (κ1) is 23.5. The van der Waals surface area contributed by atoms with Crippen LogP contribution in [-0.2, 0) is 0 Å². The van der Waals surface area contributed by atoms with Crippen LogP contribution in [0.3, 0.4) is 0 Å². The number of carbonyl (C=O) groups excluding carboxylic acids is 1. The maximum Gasteiger partial charge on any atom is 0.254 e. The Bertz CT molecular complexity index is 1180. The van der Waals surface area contributed by atoms with Crippen LogP contribution < -0.4 is 4.74 Å². The molecule has 1 aromatic heterocycles. The topological polar surface area (TPSA) is 42.4 Å². The Kier molecular flexibility index (Phi) is 6.56. The Morgan fingerprint density at radius 3 is 2.20 bits per heavy atom. The number of ether oxygens (including phenoxy) is 1. The van der Waals surface area contributed by atoms with Crippen molar-refractivity contribution in [3.63, 3.8) is 0 Å². The van der Waals surface area contributed by atoms with E-state index in [9.17, 15) is 9.18 Å². The van der Waals surface area contributed by atoms with E-state index in [2.05, 4.69) is 12.0 Å². The van der Waals surface area contributed by atoms with Crippen LogP contribution in [0.1, 0.15) is 41.7 Å². The number of piperidine rings is 1. The van der Waals surface area contributed by atoms with E-state index >= 15 is 0 Å². The normalized spacial score (nSPS) is 18.0. The lowest BCUT2D eigenvalue weighted by molar-refractivity contribution is -0.923. The second-order valence-electron chi connectivity index (χ2n) is 10.1. The maximum atomic E-state index is 13.4. The highest BCUT2D eigenvalue weighted by Gasteiger charge is 2.38. The van der Waals surface area contributed by atoms with Gasteiger partial charge in [-0.15, -0.1) is 0 Å². The monoisotopic (exact) mass is 474 g/mol. The SMILES string of the molecule is Cc1cc(C(=O)N2CCC([N+]3(C)CCCC3)CC2)cc(-c2ccc(Oc3ccc(F)cc3)cc2)n1. The van der Waals surface area contributed by atoms with Gasteiger partial charge in [-0.05, 0) is 67.6 Å². The predicted octanol–water partition coefficient (Wildman–Crippen LogP) is 5.83. The number of rotatable bonds is 5. The van der Waals surface area contributed by atoms with Gasteiger partial charge in [-0.1, -0.05) is 0 Å². The molecular weight excluding hydrogens is 441 g/mol. The molecule has 0 unspecified atom stereocenters. The molecule has 35 heavy (non-hydrogen) atoms. The Labute approximate surface area is 206 Å². The minimum Gasteiger partial charge on any atom is -0.457 e. The first-order valence-electron chi connectivity index (χ1n) is 12.6. The zero-order valence-corrected chi connectivity index (χ0v) is 20.5. The number of halogens is 1. The lowest BCUT2D eigenvalue weighted by Gasteiger charge is -2.42. The lowest BCUT2D eigenvalue weighted by atomic mass is 10.00. The van der Waals surface area contributed by atoms with Gasteiger partial charge in [0.1, 0.15) is 17.3 Å². The van der Waals surface area contributed by atoms with E-state index in [-0.39, 0.29) is 11.7 Å². The smallest absolute Gasteiger partial charge is 0.254 e. The van der Waals surface area contributed by atoms with Gasteiger partial charge in [0.25, 0.3) is 5.91 Å². The first-order chi connectivity index (χ1) is 16.9. The molecule has 0 N–H and O–H groups in total. The van der Waals surface area contributed by atoms with Gasteiger partial charge in [-0.25, -0.2) is 4.39 Å². The van der Waals surface area contributed by atoms with E-state index in [0.717, 1.165) is 42.9 Å². The van der Waals surface area contributed by atoms with E-state index in [0.29, 0.717) is 23.1 Å². The van der Waals surface area contributed by atoms with Crippen LogP contribution in [-0.4, -0.2) is 59.5 Å². The van der Waals surface area contributed by atoms with Crippen LogP contribution in [0.2, 0.25) is 0 Å². The largest absolute Gasteiger partial charge is 0.457 e. The van der Waals surface area contributed by atoms with E-state index in [1.54, 1.807) is 12.1 Å². The molecule has 6 heteroatoms. The third-order valence-electron chi connectivity index (χ3n) is 7.62. The number of amides is 1. The van der Waals surface area contributed by atoms with Gasteiger partial charge >= 0.3 is 0 Å². The van der Waals surface area contributed by atoms with Gasteiger partial charge in [0.05, 0.1) is 31.9 Å². The second kappa shape index (κ2) is 9.78. The molecule has 2 saturated heterocycles. The predicted molar refractivity (Wildman–Crippen MR) is 135 cm³/mol. The molecule has 0 radical (unpaired) electrons. The van der Waals surface area contributed by atoms with Crippen molar-refractivity contribution in [2.75, 3.05) is 33.2 Å². The van der Waals surface area contributed by atoms with Crippen LogP contribution in [0.15, 0.2) is 60.7 Å². The second-order valence-corrected chi connectivity index (χ2v) is 10.1. The highest BCUT2D eigenvalue weighted by atomic mass is 19.1. The molecule has 2 aliphatic heterocycles. The highest BCUT2D eigenvalue weighted by Crippen LogP contribution is 2.29. The number of aromatic nitrogens is 1. The summed E-state index contributed by atoms with van der Waals surface area (Å²) >= 11 is 0. The molecule has 2 fully saturated rings. The number of hydrogen-bond acceptors (Lipinski definition) is 3. The molecule has 182 valence electrons. The fraction of sp³-hybridized carbons (Fsp3) is 0.379. The van der Waals surface area contributed by atoms with Crippen molar-refractivity contribution in [1.29, 1.82) is 0 Å². The summed E-state index contributed by atoms with van der Waals surface area (Å²) in [4.78, 5) is 20.1. The van der Waals surface area contributed by atoms with Crippen molar-refractivity contribution in [3.8, 4) is 22.8 Å². The molecule has 3 aromatic rings. The summed E-state index contributed by atoms with van der Waals surface area (Å²) in [5.41, 5.74) is 3.20. The van der Waals surface area contributed by atoms with E-state index in [4.69, 9.17) is 4.74 Å². The van der Waals surface area contributed by atoms with Crippen LogP contribution in [0.5, 0.6) is 11.5 Å². The van der Waals surface area contributed by atoms with Crippen LogP contribution in [0.4, 0.5) is 4.39 Å². The zero-order chi connectivity index (χ0) is 24.4. The Morgan fingerprint density at radius 1 is 0.971 bits per heavy atom. The number of benzene rings is 2. The molecule has 5 nitrogen and oxygen atoms in total. The third-order valence-corrected chi connectivity index (χ3v) is 7.62. The summed E-state index contributed by atoms with van der Waals surface area (Å²) in [5.74, 6) is 1.03. The van der Waals surface area contributed by atoms with Crippen molar-refractivity contribution >= 4 is 5.91 Å². The van der Waals surface area contributed by atoms with Gasteiger partial charge < -0.3 is 14.1 Å². The quantitative estimate of drug-likeness (QED) is 0.437. The molecular formula is C29H33FN3O2+. The van der Waals surface area contributed by atoms with Crippen molar-refractivity contribution in [3.05, 3.63) is 77.7 Å². The molecule has 2 aromatic carbocycles. The number of quaternary nitrogens is 1. The molecule has 5 rings (SSSR count). The van der Waals surface area contributed by atoms with Gasteiger partial charge in [0.15, 0.2) is 0 Å². The molecule has 3 heterocycles. The maximum absolute atomic E-state index is 13.4. The molecule has 0 bridgehead atoms. The first-order valence-corrected chi connectivity index (χ1v) is 12.6. The lowest BCUT2D eigenvalue weighted by Crippen LogP contribution is -2.55. The van der Waals surface area contributed by atoms with Gasteiger partial charge in [0, 0.05) is 55.6 Å². The fourth-order valence-corrected chi connectivity index (χ4v) is 5.57. The Hall–Kier alpha value is -3.25. The Balaban J connectivity index is 1.27. The molecule has 0 saturated carbocycles. The van der Waals surface area contributed by atoms with Crippen molar-refractivity contribution < 1.29 is 18.4 Å². The number of nitrogens with zero attached hydrogens (tertiary/aromatic N) is 3. The average molecular weight is 475 g/mol. The number of carbonyl (C=O) groups is 1. The summed E-state index contributed by atoms with van der Waals surface area (Å²) in [6.07, 6.45) is 4.81. The summed E-state index contributed by atoms with van der Waals surface area (Å²) in [6, 6.07) is 18.0. The standard InChI is InChI=1S/C29H33FN3O2/c1-21-19-23(29(34)32-15-13-25(14-16-32)33(2)17-3-4-18-33)20-28(31-21)22-5-9-26(10-6-22)35-27-11-7-24(30)8-12-27/h5-12,19-20,25H,3-4,13-18H2,1-2H3/q+1. The van der Waals surface area contributed by atoms with Crippen LogP contribution in [0.25, 0.3) is 11.3 Å². The molecule has 0 atom stereocenters. The van der Waals surface area contributed by atoms with Crippen molar-refractivity contribution in [1.82, 2.24) is 9.88 Å². The molecule has 2 aliphatic rings. The van der Waals surface area contributed by atoms with E-state index in [1.807, 2.05) is 48.2 Å². The van der Waals surface area contributed by atoms with Crippen LogP contribution >= 0.6 is 0 Å². The van der Waals surface area contributed by atoms with Gasteiger partial charge in [-0.2, -0.15) is 0 Å². The van der Waals surface area contributed by atoms with Crippen molar-refractivity contribution in [2.45, 2.75) is 38.6 Å². The minimum atomic E-state index is -0.296. The van der Waals surface area contributed by atoms with Crippen molar-refractivity contribution in [2.24, 2.45) is 0 Å². The van der Waals surface area contributed by atoms with Gasteiger partial charge in [0.2, 0.25) is 0 Å². The average Bonchev–Trinajstić information content (AvgIpc) is 3.33. The number of pyridine rings is 1. The number of likely N-dealkylation sites (tertiary alicyclic amines) is 2. The summed E-state index contributed by atoms with van der Waals surface area (Å²) in [6.45, 7) is 6.13. The molecule has 0 spiro atoms. The third kappa shape index (κ3) is 5.22. The van der Waals surface area contributed by atoms with E-state index in [1.165, 1.54) is 42.5 Å². The van der Waals surface area contributed by atoms with E-state index < -0.39 is 0 Å². The van der Waals surface area contributed by atoms with Crippen LogP contribution in [0, 0.1) is 12.7 Å². The molecule has 1 amide bonds.